The first-order chi connectivity index (χ1) is 9.26. The number of anilines is 1. The lowest BCUT2D eigenvalue weighted by atomic mass is 10.2. The molecule has 1 aromatic carbocycles. The van der Waals surface area contributed by atoms with E-state index in [2.05, 4.69) is 29.2 Å². The highest BCUT2D eigenvalue weighted by Gasteiger charge is 2.23. The van der Waals surface area contributed by atoms with Gasteiger partial charge in [-0.3, -0.25) is 0 Å². The van der Waals surface area contributed by atoms with Crippen molar-refractivity contribution in [3.05, 3.63) is 30.3 Å². The van der Waals surface area contributed by atoms with Crippen LogP contribution < -0.4 is 4.90 Å². The molecule has 4 heteroatoms. The Hall–Kier alpha value is -1.71. The largest absolute Gasteiger partial charge is 0.368 e. The Labute approximate surface area is 115 Å². The molecule has 0 spiro atoms. The van der Waals surface area contributed by atoms with Gasteiger partial charge in [0.2, 0.25) is 0 Å². The predicted octanol–water partition coefficient (Wildman–Crippen LogP) is 2.27. The van der Waals surface area contributed by atoms with Crippen molar-refractivity contribution in [2.45, 2.75) is 13.8 Å². The molecule has 0 atom stereocenters. The highest BCUT2D eigenvalue weighted by atomic mass is 16.2. The van der Waals surface area contributed by atoms with Gasteiger partial charge < -0.3 is 14.7 Å². The van der Waals surface area contributed by atoms with Crippen LogP contribution in [0.5, 0.6) is 0 Å². The summed E-state index contributed by atoms with van der Waals surface area (Å²) in [7, 11) is 0. The van der Waals surface area contributed by atoms with Crippen molar-refractivity contribution in [1.29, 1.82) is 0 Å². The number of rotatable bonds is 3. The molecule has 4 nitrogen and oxygen atoms in total. The van der Waals surface area contributed by atoms with Gasteiger partial charge >= 0.3 is 6.03 Å². The van der Waals surface area contributed by atoms with E-state index in [1.54, 1.807) is 0 Å². The summed E-state index contributed by atoms with van der Waals surface area (Å²) in [6.07, 6.45) is 0. The van der Waals surface area contributed by atoms with Crippen molar-refractivity contribution in [1.82, 2.24) is 9.80 Å². The number of nitrogens with zero attached hydrogens (tertiary/aromatic N) is 3. The van der Waals surface area contributed by atoms with Gasteiger partial charge in [0.25, 0.3) is 0 Å². The quantitative estimate of drug-likeness (QED) is 0.834. The van der Waals surface area contributed by atoms with Crippen molar-refractivity contribution in [3.63, 3.8) is 0 Å². The maximum absolute atomic E-state index is 12.2. The summed E-state index contributed by atoms with van der Waals surface area (Å²) in [6.45, 7) is 9.08. The Morgan fingerprint density at radius 1 is 1.05 bits per heavy atom. The Morgan fingerprint density at radius 2 is 1.63 bits per heavy atom. The molecule has 0 unspecified atom stereocenters. The molecule has 1 heterocycles. The summed E-state index contributed by atoms with van der Waals surface area (Å²) in [5.41, 5.74) is 1.25. The van der Waals surface area contributed by atoms with Crippen LogP contribution in [0.15, 0.2) is 30.3 Å². The number of carbonyl (C=O) groups is 1. The van der Waals surface area contributed by atoms with E-state index in [9.17, 15) is 4.79 Å². The number of carbonyl (C=O) groups excluding carboxylic acids is 1. The van der Waals surface area contributed by atoms with Crippen molar-refractivity contribution < 1.29 is 4.79 Å². The predicted molar refractivity (Wildman–Crippen MR) is 78.5 cm³/mol. The third-order valence-corrected chi connectivity index (χ3v) is 3.71. The Kier molecular flexibility index (Phi) is 4.66. The second-order valence-corrected chi connectivity index (χ2v) is 4.76. The maximum Gasteiger partial charge on any atom is 0.320 e. The van der Waals surface area contributed by atoms with Crippen LogP contribution in [0.3, 0.4) is 0 Å². The smallest absolute Gasteiger partial charge is 0.320 e. The van der Waals surface area contributed by atoms with Crippen LogP contribution in [0.25, 0.3) is 0 Å². The Morgan fingerprint density at radius 3 is 2.16 bits per heavy atom. The molecule has 1 saturated heterocycles. The molecule has 1 aliphatic rings. The second kappa shape index (κ2) is 6.45. The standard InChI is InChI=1S/C15H23N3O/c1-3-16(4-2)15(19)18-12-10-17(11-13-18)14-8-6-5-7-9-14/h5-9H,3-4,10-13H2,1-2H3. The van der Waals surface area contributed by atoms with Crippen molar-refractivity contribution in [3.8, 4) is 0 Å². The van der Waals surface area contributed by atoms with E-state index < -0.39 is 0 Å². The van der Waals surface area contributed by atoms with Gasteiger partial charge in [0.1, 0.15) is 0 Å². The SMILES string of the molecule is CCN(CC)C(=O)N1CCN(c2ccccc2)CC1. The van der Waals surface area contributed by atoms with E-state index in [4.69, 9.17) is 0 Å². The molecule has 2 amide bonds. The first-order valence-electron chi connectivity index (χ1n) is 7.10. The zero-order chi connectivity index (χ0) is 13.7. The van der Waals surface area contributed by atoms with Gasteiger partial charge in [0.05, 0.1) is 0 Å². The van der Waals surface area contributed by atoms with Crippen LogP contribution in [-0.2, 0) is 0 Å². The van der Waals surface area contributed by atoms with E-state index in [-0.39, 0.29) is 6.03 Å². The minimum Gasteiger partial charge on any atom is -0.368 e. The molecule has 0 radical (unpaired) electrons. The average molecular weight is 261 g/mol. The highest BCUT2D eigenvalue weighted by molar-refractivity contribution is 5.74. The zero-order valence-electron chi connectivity index (χ0n) is 11.9. The highest BCUT2D eigenvalue weighted by Crippen LogP contribution is 2.16. The molecule has 1 fully saturated rings. The van der Waals surface area contributed by atoms with Crippen LogP contribution in [0.1, 0.15) is 13.8 Å². The van der Waals surface area contributed by atoms with Crippen LogP contribution in [-0.4, -0.2) is 55.1 Å². The van der Waals surface area contributed by atoms with Crippen molar-refractivity contribution >= 4 is 11.7 Å². The molecule has 19 heavy (non-hydrogen) atoms. The van der Waals surface area contributed by atoms with Crippen LogP contribution in [0.4, 0.5) is 10.5 Å². The lowest BCUT2D eigenvalue weighted by Crippen LogP contribution is -2.52. The molecular weight excluding hydrogens is 238 g/mol. The summed E-state index contributed by atoms with van der Waals surface area (Å²) >= 11 is 0. The number of piperazine rings is 1. The molecule has 0 N–H and O–H groups in total. The molecule has 0 aliphatic carbocycles. The summed E-state index contributed by atoms with van der Waals surface area (Å²) < 4.78 is 0. The molecule has 0 bridgehead atoms. The fourth-order valence-electron chi connectivity index (χ4n) is 2.49. The van der Waals surface area contributed by atoms with Crippen molar-refractivity contribution in [2.24, 2.45) is 0 Å². The number of para-hydroxylation sites is 1. The summed E-state index contributed by atoms with van der Waals surface area (Å²) in [5, 5.41) is 0. The van der Waals surface area contributed by atoms with Gasteiger partial charge in [-0.25, -0.2) is 4.79 Å². The fourth-order valence-corrected chi connectivity index (χ4v) is 2.49. The monoisotopic (exact) mass is 261 g/mol. The van der Waals surface area contributed by atoms with Gasteiger partial charge in [-0.2, -0.15) is 0 Å². The van der Waals surface area contributed by atoms with E-state index in [0.717, 1.165) is 39.3 Å². The number of hydrogen-bond donors (Lipinski definition) is 0. The third kappa shape index (κ3) is 3.19. The first-order valence-corrected chi connectivity index (χ1v) is 7.10. The zero-order valence-corrected chi connectivity index (χ0v) is 11.9. The lowest BCUT2D eigenvalue weighted by molar-refractivity contribution is 0.154. The third-order valence-electron chi connectivity index (χ3n) is 3.71. The van der Waals surface area contributed by atoms with Crippen LogP contribution in [0.2, 0.25) is 0 Å². The molecule has 104 valence electrons. The minimum absolute atomic E-state index is 0.178. The fraction of sp³-hybridized carbons (Fsp3) is 0.533. The summed E-state index contributed by atoms with van der Waals surface area (Å²) in [4.78, 5) is 18.4. The second-order valence-electron chi connectivity index (χ2n) is 4.76. The van der Waals surface area contributed by atoms with Crippen LogP contribution in [0, 0.1) is 0 Å². The molecule has 0 saturated carbocycles. The summed E-state index contributed by atoms with van der Waals surface area (Å²) in [6, 6.07) is 10.6. The number of hydrogen-bond acceptors (Lipinski definition) is 2. The number of urea groups is 1. The molecular formula is C15H23N3O. The Balaban J connectivity index is 1.91. The van der Waals surface area contributed by atoms with Gasteiger partial charge in [0.15, 0.2) is 0 Å². The van der Waals surface area contributed by atoms with Gasteiger partial charge in [-0.1, -0.05) is 18.2 Å². The molecule has 2 rings (SSSR count). The maximum atomic E-state index is 12.2. The molecule has 0 aromatic heterocycles. The normalized spacial score (nSPS) is 15.5. The topological polar surface area (TPSA) is 26.8 Å². The number of benzene rings is 1. The van der Waals surface area contributed by atoms with E-state index in [1.165, 1.54) is 5.69 Å². The lowest BCUT2D eigenvalue weighted by Gasteiger charge is -2.38. The minimum atomic E-state index is 0.178. The van der Waals surface area contributed by atoms with Gasteiger partial charge in [0, 0.05) is 45.0 Å². The van der Waals surface area contributed by atoms with Crippen LogP contribution >= 0.6 is 0 Å². The van der Waals surface area contributed by atoms with E-state index in [0.29, 0.717) is 0 Å². The van der Waals surface area contributed by atoms with E-state index in [1.807, 2.05) is 29.7 Å². The van der Waals surface area contributed by atoms with Crippen molar-refractivity contribution in [2.75, 3.05) is 44.2 Å². The Bertz CT molecular complexity index is 395. The molecule has 1 aliphatic heterocycles. The van der Waals surface area contributed by atoms with Gasteiger partial charge in [-0.15, -0.1) is 0 Å². The van der Waals surface area contributed by atoms with Gasteiger partial charge in [-0.05, 0) is 26.0 Å². The average Bonchev–Trinajstić information content (AvgIpc) is 2.49. The first kappa shape index (κ1) is 13.7. The van der Waals surface area contributed by atoms with E-state index >= 15 is 0 Å². The summed E-state index contributed by atoms with van der Waals surface area (Å²) in [5.74, 6) is 0. The number of amides is 2. The molecule has 1 aromatic rings.